The maximum atomic E-state index is 12.0. The zero-order valence-electron chi connectivity index (χ0n) is 11.2. The Balaban J connectivity index is 1.95. The number of phenols is 1. The van der Waals surface area contributed by atoms with E-state index in [0.29, 0.717) is 17.8 Å². The summed E-state index contributed by atoms with van der Waals surface area (Å²) in [5, 5.41) is 23.2. The number of Topliss-reactive ketones (excluding diaryl/α,β-unsaturated/α-hetero) is 1. The van der Waals surface area contributed by atoms with Crippen molar-refractivity contribution in [2.24, 2.45) is 0 Å². The summed E-state index contributed by atoms with van der Waals surface area (Å²) in [4.78, 5) is 22.1. The van der Waals surface area contributed by atoms with Gasteiger partial charge in [0.15, 0.2) is 5.78 Å². The van der Waals surface area contributed by atoms with E-state index in [1.165, 1.54) is 18.2 Å². The quantitative estimate of drug-likeness (QED) is 0.368. The second-order valence-corrected chi connectivity index (χ2v) is 4.42. The van der Waals surface area contributed by atoms with E-state index in [9.17, 15) is 20.0 Å². The zero-order chi connectivity index (χ0) is 15.2. The molecule has 0 heterocycles. The fourth-order valence-electron chi connectivity index (χ4n) is 1.87. The highest BCUT2D eigenvalue weighted by atomic mass is 16.6. The zero-order valence-corrected chi connectivity index (χ0v) is 11.2. The molecule has 0 unspecified atom stereocenters. The molecule has 0 atom stereocenters. The Kier molecular flexibility index (Phi) is 4.50. The number of hydrogen-bond acceptors (Lipinski definition) is 5. The molecule has 0 radical (unpaired) electrons. The van der Waals surface area contributed by atoms with Gasteiger partial charge in [0.05, 0.1) is 10.6 Å². The van der Waals surface area contributed by atoms with Crippen molar-refractivity contribution in [1.82, 2.24) is 0 Å². The maximum absolute atomic E-state index is 12.0. The Morgan fingerprint density at radius 2 is 1.95 bits per heavy atom. The van der Waals surface area contributed by atoms with Gasteiger partial charge in [-0.25, -0.2) is 0 Å². The minimum Gasteiger partial charge on any atom is -0.506 e. The van der Waals surface area contributed by atoms with E-state index in [1.54, 1.807) is 30.3 Å². The minimum absolute atomic E-state index is 0.102. The topological polar surface area (TPSA) is 92.5 Å². The van der Waals surface area contributed by atoms with Crippen molar-refractivity contribution in [3.63, 3.8) is 0 Å². The highest BCUT2D eigenvalue weighted by molar-refractivity contribution is 5.96. The molecule has 6 heteroatoms. The molecule has 2 N–H and O–H groups in total. The first-order valence-corrected chi connectivity index (χ1v) is 6.37. The van der Waals surface area contributed by atoms with Crippen LogP contribution in [0.5, 0.6) is 5.75 Å². The number of phenolic OH excluding ortho intramolecular Hbond substituents is 1. The Morgan fingerprint density at radius 1 is 1.19 bits per heavy atom. The summed E-state index contributed by atoms with van der Waals surface area (Å²) in [7, 11) is 0. The van der Waals surface area contributed by atoms with Gasteiger partial charge in [0.2, 0.25) is 0 Å². The fraction of sp³-hybridized carbons (Fsp3) is 0.133. The molecule has 108 valence electrons. The van der Waals surface area contributed by atoms with Crippen molar-refractivity contribution < 1.29 is 14.8 Å². The first kappa shape index (κ1) is 14.5. The average molecular weight is 286 g/mol. The van der Waals surface area contributed by atoms with Crippen LogP contribution in [0, 0.1) is 10.1 Å². The number of carbonyl (C=O) groups is 1. The lowest BCUT2D eigenvalue weighted by Crippen LogP contribution is -2.09. The smallest absolute Gasteiger partial charge is 0.270 e. The third-order valence-electron chi connectivity index (χ3n) is 2.95. The summed E-state index contributed by atoms with van der Waals surface area (Å²) >= 11 is 0. The molecule has 21 heavy (non-hydrogen) atoms. The number of hydrogen-bond donors (Lipinski definition) is 2. The molecule has 0 amide bonds. The number of nitro benzene ring substituents is 1. The summed E-state index contributed by atoms with van der Waals surface area (Å²) in [6.07, 6.45) is 0.176. The molecular formula is C15H14N2O4. The molecular weight excluding hydrogens is 272 g/mol. The lowest BCUT2D eigenvalue weighted by Gasteiger charge is -2.07. The number of nitrogens with one attached hydrogen (secondary N) is 1. The van der Waals surface area contributed by atoms with Crippen LogP contribution in [0.4, 0.5) is 11.4 Å². The van der Waals surface area contributed by atoms with E-state index in [1.807, 2.05) is 0 Å². The van der Waals surface area contributed by atoms with Gasteiger partial charge >= 0.3 is 0 Å². The van der Waals surface area contributed by atoms with Crippen LogP contribution in [0.25, 0.3) is 0 Å². The summed E-state index contributed by atoms with van der Waals surface area (Å²) in [5.41, 5.74) is 0.752. The highest BCUT2D eigenvalue weighted by Gasteiger charge is 2.11. The van der Waals surface area contributed by atoms with Crippen LogP contribution in [0.2, 0.25) is 0 Å². The molecule has 2 aromatic carbocycles. The molecule has 0 aliphatic rings. The van der Waals surface area contributed by atoms with Gasteiger partial charge in [-0.05, 0) is 12.1 Å². The van der Waals surface area contributed by atoms with Gasteiger partial charge in [-0.1, -0.05) is 24.3 Å². The Bertz CT molecular complexity index is 670. The number of carbonyl (C=O) groups excluding carboxylic acids is 1. The SMILES string of the molecule is O=C(CCNc1ccccc1O)c1cccc([N+](=O)[O-])c1. The molecule has 0 saturated carbocycles. The highest BCUT2D eigenvalue weighted by Crippen LogP contribution is 2.21. The maximum Gasteiger partial charge on any atom is 0.270 e. The average Bonchev–Trinajstić information content (AvgIpc) is 2.49. The molecule has 0 aromatic heterocycles. The molecule has 6 nitrogen and oxygen atoms in total. The second kappa shape index (κ2) is 6.51. The number of non-ortho nitro benzene ring substituents is 1. The molecule has 0 fully saturated rings. The molecule has 0 aliphatic heterocycles. The number of aromatic hydroxyl groups is 1. The molecule has 0 aliphatic carbocycles. The summed E-state index contributed by atoms with van der Waals surface area (Å²) < 4.78 is 0. The standard InChI is InChI=1S/C15H14N2O4/c18-14(11-4-3-5-12(10-11)17(20)21)8-9-16-13-6-1-2-7-15(13)19/h1-7,10,16,19H,8-9H2. The first-order valence-electron chi connectivity index (χ1n) is 6.37. The van der Waals surface area contributed by atoms with Crippen LogP contribution in [0.1, 0.15) is 16.8 Å². The molecule has 0 spiro atoms. The monoisotopic (exact) mass is 286 g/mol. The Hall–Kier alpha value is -2.89. The molecule has 2 rings (SSSR count). The van der Waals surface area contributed by atoms with Crippen LogP contribution in [-0.2, 0) is 0 Å². The van der Waals surface area contributed by atoms with E-state index in [-0.39, 0.29) is 23.6 Å². The fourth-order valence-corrected chi connectivity index (χ4v) is 1.87. The predicted octanol–water partition coefficient (Wildman–Crippen LogP) is 2.99. The van der Waals surface area contributed by atoms with Gasteiger partial charge in [0.25, 0.3) is 5.69 Å². The Labute approximate surface area is 121 Å². The number of ketones is 1. The van der Waals surface area contributed by atoms with E-state index < -0.39 is 4.92 Å². The number of nitrogens with zero attached hydrogens (tertiary/aromatic N) is 1. The lowest BCUT2D eigenvalue weighted by atomic mass is 10.1. The number of nitro groups is 1. The van der Waals surface area contributed by atoms with Crippen molar-refractivity contribution in [1.29, 1.82) is 0 Å². The largest absolute Gasteiger partial charge is 0.506 e. The van der Waals surface area contributed by atoms with Crippen molar-refractivity contribution in [2.45, 2.75) is 6.42 Å². The number of rotatable bonds is 6. The van der Waals surface area contributed by atoms with E-state index in [2.05, 4.69) is 5.32 Å². The molecule has 0 bridgehead atoms. The van der Waals surface area contributed by atoms with Gasteiger partial charge in [-0.2, -0.15) is 0 Å². The summed E-state index contributed by atoms with van der Waals surface area (Å²) in [6, 6.07) is 12.4. The van der Waals surface area contributed by atoms with Gasteiger partial charge in [0.1, 0.15) is 5.75 Å². The second-order valence-electron chi connectivity index (χ2n) is 4.42. The van der Waals surface area contributed by atoms with Crippen LogP contribution in [0.3, 0.4) is 0 Å². The summed E-state index contributed by atoms with van der Waals surface area (Å²) in [6.45, 7) is 0.332. The van der Waals surface area contributed by atoms with Crippen LogP contribution in [0.15, 0.2) is 48.5 Å². The third kappa shape index (κ3) is 3.79. The van der Waals surface area contributed by atoms with Crippen LogP contribution < -0.4 is 5.32 Å². The van der Waals surface area contributed by atoms with E-state index in [0.717, 1.165) is 0 Å². The van der Waals surface area contributed by atoms with Gasteiger partial charge in [-0.3, -0.25) is 14.9 Å². The van der Waals surface area contributed by atoms with Gasteiger partial charge in [0, 0.05) is 30.7 Å². The van der Waals surface area contributed by atoms with E-state index >= 15 is 0 Å². The number of anilines is 1. The van der Waals surface area contributed by atoms with E-state index in [4.69, 9.17) is 0 Å². The number of benzene rings is 2. The molecule has 0 saturated heterocycles. The van der Waals surface area contributed by atoms with Gasteiger partial charge < -0.3 is 10.4 Å². The van der Waals surface area contributed by atoms with Crippen molar-refractivity contribution in [2.75, 3.05) is 11.9 Å². The predicted molar refractivity (Wildman–Crippen MR) is 78.6 cm³/mol. The van der Waals surface area contributed by atoms with Crippen molar-refractivity contribution in [3.8, 4) is 5.75 Å². The first-order chi connectivity index (χ1) is 10.1. The van der Waals surface area contributed by atoms with Crippen molar-refractivity contribution in [3.05, 3.63) is 64.2 Å². The van der Waals surface area contributed by atoms with Crippen LogP contribution >= 0.6 is 0 Å². The normalized spacial score (nSPS) is 10.1. The molecule has 2 aromatic rings. The van der Waals surface area contributed by atoms with Crippen molar-refractivity contribution >= 4 is 17.2 Å². The number of para-hydroxylation sites is 2. The third-order valence-corrected chi connectivity index (χ3v) is 2.95. The Morgan fingerprint density at radius 3 is 2.67 bits per heavy atom. The minimum atomic E-state index is -0.531. The lowest BCUT2D eigenvalue weighted by molar-refractivity contribution is -0.384. The summed E-state index contributed by atoms with van der Waals surface area (Å²) in [5.74, 6) is -0.0816. The van der Waals surface area contributed by atoms with Gasteiger partial charge in [-0.15, -0.1) is 0 Å². The van der Waals surface area contributed by atoms with Crippen LogP contribution in [-0.4, -0.2) is 22.4 Å².